The topological polar surface area (TPSA) is 78.9 Å². The van der Waals surface area contributed by atoms with E-state index in [2.05, 4.69) is 118 Å². The zero-order valence-corrected chi connectivity index (χ0v) is 41.9. The number of carbonyl (C=O) groups excluding carboxylic acids is 3. The number of esters is 3. The smallest absolute Gasteiger partial charge is 0.306 e. The predicted molar refractivity (Wildman–Crippen MR) is 283 cm³/mol. The maximum Gasteiger partial charge on any atom is 0.306 e. The molecule has 0 spiro atoms. The number of rotatable bonds is 44. The molecule has 0 aromatic rings. The van der Waals surface area contributed by atoms with Crippen LogP contribution in [0.2, 0.25) is 0 Å². The van der Waals surface area contributed by atoms with Crippen LogP contribution in [0.1, 0.15) is 194 Å². The normalized spacial score (nSPS) is 13.3. The summed E-state index contributed by atoms with van der Waals surface area (Å²) < 4.78 is 16.7. The molecule has 0 fully saturated rings. The highest BCUT2D eigenvalue weighted by molar-refractivity contribution is 5.71. The molecule has 0 aliphatic carbocycles. The minimum atomic E-state index is -0.839. The van der Waals surface area contributed by atoms with Gasteiger partial charge in [-0.15, -0.1) is 0 Å². The van der Waals surface area contributed by atoms with E-state index in [4.69, 9.17) is 14.2 Å². The van der Waals surface area contributed by atoms with Crippen LogP contribution >= 0.6 is 0 Å². The molecular weight excluding hydrogens is 817 g/mol. The van der Waals surface area contributed by atoms with Crippen LogP contribution in [0, 0.1) is 0 Å². The molecule has 1 unspecified atom stereocenters. The quantitative estimate of drug-likeness (QED) is 0.0199. The van der Waals surface area contributed by atoms with Crippen molar-refractivity contribution in [3.8, 4) is 0 Å². The fourth-order valence-electron chi connectivity index (χ4n) is 6.37. The second-order valence-electron chi connectivity index (χ2n) is 16.5. The monoisotopic (exact) mass is 909 g/mol. The van der Waals surface area contributed by atoms with Gasteiger partial charge in [-0.25, -0.2) is 0 Å². The Labute approximate surface area is 404 Å². The molecule has 368 valence electrons. The SMILES string of the molecule is CC\C=C/C=C\C=C/C=C\C=C/CCCCCC(=O)OCC(COC(=O)CCC/C=C\C/C=C\C/C=C\C/C=C\C/C=C\CC)OC(=O)CCCCC/C=C\C=C/CCCCCCCCC. The Hall–Kier alpha value is -4.71. The zero-order chi connectivity index (χ0) is 47.9. The molecule has 0 aromatic carbocycles. The van der Waals surface area contributed by atoms with Crippen molar-refractivity contribution in [3.63, 3.8) is 0 Å². The third-order valence-electron chi connectivity index (χ3n) is 10.2. The number of carbonyl (C=O) groups is 3. The molecule has 1 atom stereocenters. The summed E-state index contributed by atoms with van der Waals surface area (Å²) in [6.07, 6.45) is 75.5. The van der Waals surface area contributed by atoms with Crippen LogP contribution < -0.4 is 0 Å². The Kier molecular flexibility index (Phi) is 49.1. The van der Waals surface area contributed by atoms with Gasteiger partial charge in [0.15, 0.2) is 6.10 Å². The molecule has 66 heavy (non-hydrogen) atoms. The van der Waals surface area contributed by atoms with Gasteiger partial charge in [0.1, 0.15) is 13.2 Å². The van der Waals surface area contributed by atoms with Crippen LogP contribution in [-0.2, 0) is 28.6 Å². The van der Waals surface area contributed by atoms with Crippen molar-refractivity contribution in [2.24, 2.45) is 0 Å². The largest absolute Gasteiger partial charge is 0.462 e. The molecule has 0 aliphatic rings. The van der Waals surface area contributed by atoms with Gasteiger partial charge in [0.25, 0.3) is 0 Å². The van der Waals surface area contributed by atoms with Crippen LogP contribution in [0.15, 0.2) is 146 Å². The van der Waals surface area contributed by atoms with Gasteiger partial charge in [0.2, 0.25) is 0 Å². The summed E-state index contributed by atoms with van der Waals surface area (Å²) >= 11 is 0. The van der Waals surface area contributed by atoms with Crippen molar-refractivity contribution in [2.45, 2.75) is 200 Å². The molecule has 0 saturated carbocycles. The lowest BCUT2D eigenvalue weighted by Gasteiger charge is -2.18. The van der Waals surface area contributed by atoms with E-state index in [1.54, 1.807) is 0 Å². The van der Waals surface area contributed by atoms with Crippen LogP contribution in [0.4, 0.5) is 0 Å². The van der Waals surface area contributed by atoms with Gasteiger partial charge in [-0.3, -0.25) is 14.4 Å². The first-order valence-electron chi connectivity index (χ1n) is 25.9. The molecule has 0 heterocycles. The average Bonchev–Trinajstić information content (AvgIpc) is 3.31. The number of hydrogen-bond acceptors (Lipinski definition) is 6. The third kappa shape index (κ3) is 50.3. The summed E-state index contributed by atoms with van der Waals surface area (Å²) in [7, 11) is 0. The summed E-state index contributed by atoms with van der Waals surface area (Å²) in [6, 6.07) is 0. The molecule has 0 amide bonds. The Morgan fingerprint density at radius 2 is 0.682 bits per heavy atom. The van der Waals surface area contributed by atoms with Crippen molar-refractivity contribution >= 4 is 17.9 Å². The van der Waals surface area contributed by atoms with Crippen molar-refractivity contribution in [1.29, 1.82) is 0 Å². The van der Waals surface area contributed by atoms with Crippen molar-refractivity contribution < 1.29 is 28.6 Å². The number of hydrogen-bond donors (Lipinski definition) is 0. The Bertz CT molecular complexity index is 1510. The van der Waals surface area contributed by atoms with Gasteiger partial charge in [-0.05, 0) is 103 Å². The van der Waals surface area contributed by atoms with Crippen molar-refractivity contribution in [1.82, 2.24) is 0 Å². The Morgan fingerprint density at radius 1 is 0.333 bits per heavy atom. The van der Waals surface area contributed by atoms with E-state index in [1.807, 2.05) is 48.6 Å². The minimum absolute atomic E-state index is 0.135. The van der Waals surface area contributed by atoms with E-state index >= 15 is 0 Å². The van der Waals surface area contributed by atoms with Crippen LogP contribution in [0.5, 0.6) is 0 Å². The Morgan fingerprint density at radius 3 is 1.17 bits per heavy atom. The molecule has 0 saturated heterocycles. The summed E-state index contributed by atoms with van der Waals surface area (Å²) in [4.78, 5) is 38.0. The highest BCUT2D eigenvalue weighted by Gasteiger charge is 2.19. The first kappa shape index (κ1) is 61.3. The van der Waals surface area contributed by atoms with Crippen molar-refractivity contribution in [3.05, 3.63) is 146 Å². The fourth-order valence-corrected chi connectivity index (χ4v) is 6.37. The predicted octanol–water partition coefficient (Wildman–Crippen LogP) is 17.3. The molecule has 0 aliphatic heterocycles. The van der Waals surface area contributed by atoms with E-state index in [9.17, 15) is 14.4 Å². The maximum atomic E-state index is 12.8. The lowest BCUT2D eigenvalue weighted by Crippen LogP contribution is -2.30. The molecular formula is C60H92O6. The van der Waals surface area contributed by atoms with Gasteiger partial charge >= 0.3 is 17.9 Å². The minimum Gasteiger partial charge on any atom is -0.462 e. The number of ether oxygens (including phenoxy) is 3. The summed E-state index contributed by atoms with van der Waals surface area (Å²) in [5.41, 5.74) is 0. The van der Waals surface area contributed by atoms with E-state index in [1.165, 1.54) is 44.9 Å². The van der Waals surface area contributed by atoms with E-state index in [0.717, 1.165) is 89.9 Å². The molecule has 6 nitrogen and oxygen atoms in total. The Balaban J connectivity index is 4.63. The van der Waals surface area contributed by atoms with Crippen LogP contribution in [0.3, 0.4) is 0 Å². The first-order valence-corrected chi connectivity index (χ1v) is 25.9. The maximum absolute atomic E-state index is 12.8. The third-order valence-corrected chi connectivity index (χ3v) is 10.2. The van der Waals surface area contributed by atoms with E-state index < -0.39 is 6.10 Å². The van der Waals surface area contributed by atoms with Crippen LogP contribution in [0.25, 0.3) is 0 Å². The second-order valence-corrected chi connectivity index (χ2v) is 16.5. The summed E-state index contributed by atoms with van der Waals surface area (Å²) in [6.45, 7) is 6.24. The summed E-state index contributed by atoms with van der Waals surface area (Å²) in [5, 5.41) is 0. The number of allylic oxidation sites excluding steroid dienone is 24. The number of unbranched alkanes of at least 4 members (excludes halogenated alkanes) is 14. The highest BCUT2D eigenvalue weighted by atomic mass is 16.6. The lowest BCUT2D eigenvalue weighted by molar-refractivity contribution is -0.167. The fraction of sp³-hybridized carbons (Fsp3) is 0.550. The molecule has 0 aromatic heterocycles. The zero-order valence-electron chi connectivity index (χ0n) is 41.9. The lowest BCUT2D eigenvalue weighted by atomic mass is 10.1. The van der Waals surface area contributed by atoms with Crippen LogP contribution in [-0.4, -0.2) is 37.2 Å². The molecule has 0 N–H and O–H groups in total. The molecule has 6 heteroatoms. The van der Waals surface area contributed by atoms with Gasteiger partial charge in [0.05, 0.1) is 0 Å². The van der Waals surface area contributed by atoms with E-state index in [-0.39, 0.29) is 50.4 Å². The van der Waals surface area contributed by atoms with Gasteiger partial charge in [-0.1, -0.05) is 218 Å². The van der Waals surface area contributed by atoms with Crippen molar-refractivity contribution in [2.75, 3.05) is 13.2 Å². The average molecular weight is 909 g/mol. The molecule has 0 radical (unpaired) electrons. The van der Waals surface area contributed by atoms with Gasteiger partial charge in [0, 0.05) is 19.3 Å². The highest BCUT2D eigenvalue weighted by Crippen LogP contribution is 2.11. The summed E-state index contributed by atoms with van der Waals surface area (Å²) in [5.74, 6) is -1.07. The second kappa shape index (κ2) is 52.9. The molecule has 0 rings (SSSR count). The molecule has 0 bridgehead atoms. The standard InChI is InChI=1S/C60H92O6/c1-4-7-10-13-16-19-22-25-28-30-33-35-38-41-44-47-50-53-59(62)65-56-57(55-64-58(61)52-49-46-43-40-37-34-31-27-24-21-18-15-12-9-6-3)66-60(63)54-51-48-45-42-39-36-32-29-26-23-20-17-14-11-8-5-2/h7,9-10,12,15-16,18-19,21,24-25,27-29,31-37,39,41,44,57H,4-6,8,11,13-14,17,20,22-23,26,30,38,40,42-43,45-56H2,1-3H3/b10-7-,12-9-,18-15-,19-16-,24-21-,28-25-,31-27-,32-29-,35-33-,37-34-,39-36-,44-41-. The van der Waals surface area contributed by atoms with Gasteiger partial charge in [-0.2, -0.15) is 0 Å². The van der Waals surface area contributed by atoms with E-state index in [0.29, 0.717) is 19.3 Å². The van der Waals surface area contributed by atoms with Gasteiger partial charge < -0.3 is 14.2 Å². The first-order chi connectivity index (χ1) is 32.5.